The molecule has 1 aromatic rings. The molecule has 1 aromatic carbocycles. The SMILES string of the molecule is CC(c1cccc(NC(=O)NI)c1)C1CCC1CCO. The average Bonchev–Trinajstić information content (AvgIpc) is 2.43. The Morgan fingerprint density at radius 1 is 1.50 bits per heavy atom. The van der Waals surface area contributed by atoms with Crippen molar-refractivity contribution in [2.24, 2.45) is 11.8 Å². The van der Waals surface area contributed by atoms with Gasteiger partial charge in [0.15, 0.2) is 0 Å². The van der Waals surface area contributed by atoms with Gasteiger partial charge in [-0.2, -0.15) is 0 Å². The number of carbonyl (C=O) groups excluding carboxylic acids is 1. The molecule has 0 aromatic heterocycles. The first-order valence-electron chi connectivity index (χ1n) is 7.04. The van der Waals surface area contributed by atoms with E-state index in [1.54, 1.807) is 0 Å². The molecular weight excluding hydrogens is 367 g/mol. The van der Waals surface area contributed by atoms with E-state index in [0.717, 1.165) is 12.1 Å². The molecule has 0 spiro atoms. The molecule has 1 aliphatic rings. The van der Waals surface area contributed by atoms with Gasteiger partial charge in [-0.1, -0.05) is 19.1 Å². The predicted molar refractivity (Wildman–Crippen MR) is 88.9 cm³/mol. The quantitative estimate of drug-likeness (QED) is 0.533. The highest BCUT2D eigenvalue weighted by Crippen LogP contribution is 2.45. The van der Waals surface area contributed by atoms with Crippen LogP contribution in [0.2, 0.25) is 0 Å². The first-order chi connectivity index (χ1) is 9.65. The molecule has 0 bridgehead atoms. The number of urea groups is 1. The minimum atomic E-state index is -0.211. The van der Waals surface area contributed by atoms with E-state index < -0.39 is 0 Å². The lowest BCUT2D eigenvalue weighted by molar-refractivity contribution is 0.111. The Hall–Kier alpha value is -0.820. The van der Waals surface area contributed by atoms with E-state index in [1.165, 1.54) is 18.4 Å². The van der Waals surface area contributed by atoms with Crippen molar-refractivity contribution >= 4 is 34.6 Å². The Balaban J connectivity index is 2.04. The summed E-state index contributed by atoms with van der Waals surface area (Å²) in [7, 11) is 0. The Morgan fingerprint density at radius 2 is 2.30 bits per heavy atom. The van der Waals surface area contributed by atoms with Crippen LogP contribution in [0.5, 0.6) is 0 Å². The summed E-state index contributed by atoms with van der Waals surface area (Å²) in [5.74, 6) is 1.75. The molecule has 3 unspecified atom stereocenters. The topological polar surface area (TPSA) is 61.4 Å². The van der Waals surface area contributed by atoms with E-state index in [1.807, 2.05) is 41.1 Å². The van der Waals surface area contributed by atoms with E-state index in [2.05, 4.69) is 21.8 Å². The molecule has 3 atom stereocenters. The van der Waals surface area contributed by atoms with Crippen molar-refractivity contribution in [3.05, 3.63) is 29.8 Å². The first-order valence-corrected chi connectivity index (χ1v) is 8.12. The van der Waals surface area contributed by atoms with E-state index in [4.69, 9.17) is 5.11 Å². The van der Waals surface area contributed by atoms with Crippen LogP contribution < -0.4 is 8.85 Å². The van der Waals surface area contributed by atoms with Crippen LogP contribution in [0, 0.1) is 11.8 Å². The predicted octanol–water partition coefficient (Wildman–Crippen LogP) is 3.67. The van der Waals surface area contributed by atoms with Crippen molar-refractivity contribution in [3.63, 3.8) is 0 Å². The van der Waals surface area contributed by atoms with Crippen LogP contribution in [0.4, 0.5) is 10.5 Å². The Labute approximate surface area is 133 Å². The fraction of sp³-hybridized carbons (Fsp3) is 0.533. The van der Waals surface area contributed by atoms with Gasteiger partial charge in [0.1, 0.15) is 0 Å². The third-order valence-corrected chi connectivity index (χ3v) is 4.86. The molecule has 2 rings (SSSR count). The summed E-state index contributed by atoms with van der Waals surface area (Å²) in [6.45, 7) is 2.52. The number of anilines is 1. The van der Waals surface area contributed by atoms with Crippen LogP contribution in [0.15, 0.2) is 24.3 Å². The van der Waals surface area contributed by atoms with Crippen LogP contribution in [-0.4, -0.2) is 17.7 Å². The largest absolute Gasteiger partial charge is 0.396 e. The van der Waals surface area contributed by atoms with Gasteiger partial charge in [0.05, 0.1) is 22.9 Å². The third-order valence-electron chi connectivity index (χ3n) is 4.37. The van der Waals surface area contributed by atoms with E-state index >= 15 is 0 Å². The van der Waals surface area contributed by atoms with Gasteiger partial charge >= 0.3 is 6.03 Å². The van der Waals surface area contributed by atoms with Crippen LogP contribution in [0.25, 0.3) is 0 Å². The second-order valence-electron chi connectivity index (χ2n) is 5.48. The van der Waals surface area contributed by atoms with E-state index in [-0.39, 0.29) is 12.6 Å². The van der Waals surface area contributed by atoms with Crippen molar-refractivity contribution in [2.75, 3.05) is 11.9 Å². The van der Waals surface area contributed by atoms with Gasteiger partial charge in [-0.15, -0.1) is 0 Å². The summed E-state index contributed by atoms with van der Waals surface area (Å²) >= 11 is 1.81. The number of halogens is 1. The van der Waals surface area contributed by atoms with Crippen molar-refractivity contribution in [1.82, 2.24) is 3.53 Å². The third kappa shape index (κ3) is 3.63. The van der Waals surface area contributed by atoms with Crippen LogP contribution in [0.1, 0.15) is 37.7 Å². The standard InChI is InChI=1S/C15H21IN2O2/c1-10(14-6-5-11(14)7-8-19)12-3-2-4-13(9-12)17-15(20)18-16/h2-4,9-11,14,19H,5-8H2,1H3,(H2,17,18,20). The Kier molecular flexibility index (Phi) is 5.65. The molecule has 0 aliphatic heterocycles. The molecule has 110 valence electrons. The average molecular weight is 388 g/mol. The Bertz CT molecular complexity index is 467. The number of aliphatic hydroxyl groups is 1. The molecule has 1 aliphatic carbocycles. The fourth-order valence-corrected chi connectivity index (χ4v) is 3.21. The summed E-state index contributed by atoms with van der Waals surface area (Å²) < 4.78 is 2.52. The van der Waals surface area contributed by atoms with Crippen molar-refractivity contribution < 1.29 is 9.90 Å². The number of hydrogen-bond acceptors (Lipinski definition) is 2. The molecule has 2 amide bonds. The molecule has 1 saturated carbocycles. The highest BCUT2D eigenvalue weighted by molar-refractivity contribution is 14.1. The van der Waals surface area contributed by atoms with Crippen molar-refractivity contribution in [1.29, 1.82) is 0 Å². The van der Waals surface area contributed by atoms with E-state index in [0.29, 0.717) is 17.8 Å². The van der Waals surface area contributed by atoms with Gasteiger partial charge in [-0.25, -0.2) is 4.79 Å². The lowest BCUT2D eigenvalue weighted by atomic mass is 9.65. The summed E-state index contributed by atoms with van der Waals surface area (Å²) in [5.41, 5.74) is 2.07. The molecule has 5 heteroatoms. The van der Waals surface area contributed by atoms with Crippen LogP contribution in [-0.2, 0) is 0 Å². The highest BCUT2D eigenvalue weighted by atomic mass is 127. The lowest BCUT2D eigenvalue weighted by Crippen LogP contribution is -2.31. The van der Waals surface area contributed by atoms with Gasteiger partial charge in [0.25, 0.3) is 0 Å². The van der Waals surface area contributed by atoms with Crippen molar-refractivity contribution in [3.8, 4) is 0 Å². The normalized spacial score (nSPS) is 22.8. The number of carbonyl (C=O) groups is 1. The minimum Gasteiger partial charge on any atom is -0.396 e. The van der Waals surface area contributed by atoms with Gasteiger partial charge in [-0.05, 0) is 54.7 Å². The molecule has 3 N–H and O–H groups in total. The maximum absolute atomic E-state index is 11.3. The highest BCUT2D eigenvalue weighted by Gasteiger charge is 2.34. The lowest BCUT2D eigenvalue weighted by Gasteiger charge is -2.41. The number of rotatable bonds is 5. The molecule has 0 saturated heterocycles. The maximum atomic E-state index is 11.3. The summed E-state index contributed by atoms with van der Waals surface area (Å²) in [6.07, 6.45) is 3.37. The first kappa shape index (κ1) is 15.6. The number of hydrogen-bond donors (Lipinski definition) is 3. The summed E-state index contributed by atoms with van der Waals surface area (Å²) in [5, 5.41) is 11.9. The van der Waals surface area contributed by atoms with Crippen LogP contribution in [0.3, 0.4) is 0 Å². The van der Waals surface area contributed by atoms with Gasteiger partial charge in [-0.3, -0.25) is 3.53 Å². The maximum Gasteiger partial charge on any atom is 0.327 e. The smallest absolute Gasteiger partial charge is 0.327 e. The second kappa shape index (κ2) is 7.26. The zero-order valence-corrected chi connectivity index (χ0v) is 13.8. The zero-order chi connectivity index (χ0) is 14.5. The minimum absolute atomic E-state index is 0.211. The Morgan fingerprint density at radius 3 is 2.90 bits per heavy atom. The van der Waals surface area contributed by atoms with Gasteiger partial charge in [0, 0.05) is 12.3 Å². The molecule has 0 radical (unpaired) electrons. The second-order valence-corrected chi connectivity index (χ2v) is 6.02. The summed E-state index contributed by atoms with van der Waals surface area (Å²) in [4.78, 5) is 11.3. The van der Waals surface area contributed by atoms with Crippen LogP contribution >= 0.6 is 22.9 Å². The molecular formula is C15H21IN2O2. The molecule has 20 heavy (non-hydrogen) atoms. The van der Waals surface area contributed by atoms with Crippen molar-refractivity contribution in [2.45, 2.75) is 32.1 Å². The molecule has 0 heterocycles. The van der Waals surface area contributed by atoms with E-state index in [9.17, 15) is 4.79 Å². The number of nitrogens with one attached hydrogen (secondary N) is 2. The molecule has 4 nitrogen and oxygen atoms in total. The summed E-state index contributed by atoms with van der Waals surface area (Å²) in [6, 6.07) is 7.83. The van der Waals surface area contributed by atoms with Gasteiger partial charge in [0.2, 0.25) is 0 Å². The molecule has 1 fully saturated rings. The number of benzene rings is 1. The fourth-order valence-electron chi connectivity index (χ4n) is 3.08. The zero-order valence-electron chi connectivity index (χ0n) is 11.6. The number of aliphatic hydroxyl groups excluding tert-OH is 1. The van der Waals surface area contributed by atoms with Gasteiger partial charge < -0.3 is 10.4 Å². The monoisotopic (exact) mass is 388 g/mol. The number of amides is 2.